The van der Waals surface area contributed by atoms with Crippen molar-refractivity contribution >= 4 is 8.56 Å². The largest absolute Gasteiger partial charge is 0.393 e. The first-order valence-electron chi connectivity index (χ1n) is 9.26. The van der Waals surface area contributed by atoms with Crippen LogP contribution in [0.4, 0.5) is 0 Å². The van der Waals surface area contributed by atoms with Crippen molar-refractivity contribution in [3.05, 3.63) is 0 Å². The van der Waals surface area contributed by atoms with Crippen LogP contribution in [0.15, 0.2) is 0 Å². The molecule has 0 aromatic heterocycles. The third-order valence-corrected chi connectivity index (χ3v) is 9.30. The lowest BCUT2D eigenvalue weighted by molar-refractivity contribution is -0.0761. The molecule has 0 aromatic rings. The van der Waals surface area contributed by atoms with Crippen LogP contribution in [0.3, 0.4) is 0 Å². The second-order valence-electron chi connectivity index (χ2n) is 6.56. The van der Waals surface area contributed by atoms with Crippen molar-refractivity contribution in [2.24, 2.45) is 0 Å². The molecule has 2 aliphatic heterocycles. The highest BCUT2D eigenvalue weighted by molar-refractivity contribution is 6.70. The van der Waals surface area contributed by atoms with Crippen LogP contribution in [0.1, 0.15) is 53.4 Å². The van der Waals surface area contributed by atoms with Crippen molar-refractivity contribution in [1.82, 2.24) is 0 Å². The third-order valence-electron chi connectivity index (χ3n) is 4.79. The quantitative estimate of drug-likeness (QED) is 0.425. The summed E-state index contributed by atoms with van der Waals surface area (Å²) in [5.41, 5.74) is 0. The molecule has 0 saturated carbocycles. The van der Waals surface area contributed by atoms with Crippen molar-refractivity contribution in [2.45, 2.75) is 76.9 Å². The standard InChI is InChI=1S/C17H34O5Si/c1-5-20-17(12-15(4)18-13-16-14-19-16)10-8-9-11-23(17,21-6-2)22-7-3/h15-16H,5-14H2,1-4H3. The van der Waals surface area contributed by atoms with Crippen LogP contribution in [-0.2, 0) is 23.1 Å². The molecule has 23 heavy (non-hydrogen) atoms. The summed E-state index contributed by atoms with van der Waals surface area (Å²) in [6, 6.07) is 1.02. The van der Waals surface area contributed by atoms with Crippen molar-refractivity contribution < 1.29 is 23.1 Å². The van der Waals surface area contributed by atoms with Gasteiger partial charge >= 0.3 is 8.56 Å². The molecular formula is C17H34O5Si. The molecule has 3 unspecified atom stereocenters. The molecule has 136 valence electrons. The van der Waals surface area contributed by atoms with Crippen molar-refractivity contribution in [1.29, 1.82) is 0 Å². The molecule has 2 rings (SSSR count). The van der Waals surface area contributed by atoms with Gasteiger partial charge in [-0.15, -0.1) is 0 Å². The van der Waals surface area contributed by atoms with Gasteiger partial charge in [0, 0.05) is 26.2 Å². The average Bonchev–Trinajstić information content (AvgIpc) is 3.33. The highest BCUT2D eigenvalue weighted by Crippen LogP contribution is 2.44. The van der Waals surface area contributed by atoms with E-state index >= 15 is 0 Å². The number of hydrogen-bond acceptors (Lipinski definition) is 5. The summed E-state index contributed by atoms with van der Waals surface area (Å²) < 4.78 is 30.3. The molecule has 0 radical (unpaired) electrons. The predicted octanol–water partition coefficient (Wildman–Crippen LogP) is 3.19. The molecule has 0 spiro atoms. The smallest absolute Gasteiger partial charge is 0.371 e. The molecule has 2 fully saturated rings. The van der Waals surface area contributed by atoms with E-state index in [2.05, 4.69) is 27.7 Å². The average molecular weight is 347 g/mol. The second-order valence-corrected chi connectivity index (χ2v) is 10.1. The Morgan fingerprint density at radius 2 is 1.83 bits per heavy atom. The van der Waals surface area contributed by atoms with Gasteiger partial charge in [-0.05, 0) is 40.2 Å². The molecule has 6 heteroatoms. The highest BCUT2D eigenvalue weighted by atomic mass is 28.4. The minimum atomic E-state index is -2.42. The molecule has 0 amide bonds. The van der Waals surface area contributed by atoms with Crippen LogP contribution in [-0.4, -0.2) is 59.0 Å². The van der Waals surface area contributed by atoms with Gasteiger partial charge < -0.3 is 23.1 Å². The molecule has 2 heterocycles. The monoisotopic (exact) mass is 346 g/mol. The summed E-state index contributed by atoms with van der Waals surface area (Å²) in [4.78, 5) is 0. The summed E-state index contributed by atoms with van der Waals surface area (Å²) in [5, 5.41) is -0.296. The number of epoxide rings is 1. The van der Waals surface area contributed by atoms with Crippen molar-refractivity contribution in [3.8, 4) is 0 Å². The Kier molecular flexibility index (Phi) is 7.50. The SMILES string of the molecule is CCOC1(CC(C)OCC2CO2)CCCC[Si]1(OCC)OCC. The lowest BCUT2D eigenvalue weighted by atomic mass is 10.0. The third kappa shape index (κ3) is 4.77. The van der Waals surface area contributed by atoms with Gasteiger partial charge in [-0.3, -0.25) is 0 Å². The minimum Gasteiger partial charge on any atom is -0.393 e. The summed E-state index contributed by atoms with van der Waals surface area (Å²) in [5.74, 6) is 0. The van der Waals surface area contributed by atoms with Gasteiger partial charge in [0.05, 0.1) is 19.3 Å². The zero-order valence-corrected chi connectivity index (χ0v) is 16.3. The van der Waals surface area contributed by atoms with Crippen LogP contribution in [0, 0.1) is 0 Å². The van der Waals surface area contributed by atoms with E-state index in [-0.39, 0.29) is 11.3 Å². The fourth-order valence-electron chi connectivity index (χ4n) is 3.84. The first-order chi connectivity index (χ1) is 11.1. The summed E-state index contributed by atoms with van der Waals surface area (Å²) in [6.07, 6.45) is 4.63. The van der Waals surface area contributed by atoms with Crippen LogP contribution in [0.2, 0.25) is 6.04 Å². The van der Waals surface area contributed by atoms with E-state index in [1.807, 2.05) is 0 Å². The maximum absolute atomic E-state index is 6.39. The first kappa shape index (κ1) is 19.3. The predicted molar refractivity (Wildman–Crippen MR) is 91.8 cm³/mol. The molecule has 0 aromatic carbocycles. The van der Waals surface area contributed by atoms with Crippen LogP contribution < -0.4 is 0 Å². The van der Waals surface area contributed by atoms with E-state index in [1.54, 1.807) is 0 Å². The highest BCUT2D eigenvalue weighted by Gasteiger charge is 2.60. The second kappa shape index (κ2) is 8.92. The van der Waals surface area contributed by atoms with Crippen LogP contribution in [0.25, 0.3) is 0 Å². The van der Waals surface area contributed by atoms with Gasteiger partial charge in [0.25, 0.3) is 0 Å². The fraction of sp³-hybridized carbons (Fsp3) is 1.00. The Labute approximate surface area is 142 Å². The number of rotatable bonds is 11. The lowest BCUT2D eigenvalue weighted by Crippen LogP contribution is -2.67. The Bertz CT molecular complexity index is 334. The molecule has 0 N–H and O–H groups in total. The zero-order chi connectivity index (χ0) is 16.8. The fourth-order valence-corrected chi connectivity index (χ4v) is 8.36. The van der Waals surface area contributed by atoms with Gasteiger partial charge in [-0.25, -0.2) is 0 Å². The molecule has 0 aliphatic carbocycles. The number of ether oxygens (including phenoxy) is 3. The van der Waals surface area contributed by atoms with Gasteiger partial charge in [0.1, 0.15) is 11.3 Å². The number of hydrogen-bond donors (Lipinski definition) is 0. The van der Waals surface area contributed by atoms with Crippen LogP contribution in [0.5, 0.6) is 0 Å². The minimum absolute atomic E-state index is 0.122. The van der Waals surface area contributed by atoms with Gasteiger partial charge in [0.2, 0.25) is 0 Å². The van der Waals surface area contributed by atoms with Gasteiger partial charge in [0.15, 0.2) is 0 Å². The van der Waals surface area contributed by atoms with E-state index in [4.69, 9.17) is 23.1 Å². The first-order valence-corrected chi connectivity index (χ1v) is 11.3. The summed E-state index contributed by atoms with van der Waals surface area (Å²) in [6.45, 7) is 11.9. The van der Waals surface area contributed by atoms with Crippen molar-refractivity contribution in [2.75, 3.05) is 33.0 Å². The van der Waals surface area contributed by atoms with E-state index in [1.165, 1.54) is 12.8 Å². The Morgan fingerprint density at radius 3 is 2.39 bits per heavy atom. The normalized spacial score (nSPS) is 31.0. The topological polar surface area (TPSA) is 49.5 Å². The van der Waals surface area contributed by atoms with E-state index in [0.717, 1.165) is 25.5 Å². The molecule has 2 aliphatic rings. The van der Waals surface area contributed by atoms with E-state index < -0.39 is 8.56 Å². The Hall–Kier alpha value is 0.0169. The summed E-state index contributed by atoms with van der Waals surface area (Å²) >= 11 is 0. The van der Waals surface area contributed by atoms with Crippen LogP contribution >= 0.6 is 0 Å². The zero-order valence-electron chi connectivity index (χ0n) is 15.3. The van der Waals surface area contributed by atoms with Gasteiger partial charge in [-0.2, -0.15) is 0 Å². The lowest BCUT2D eigenvalue weighted by Gasteiger charge is -2.50. The Morgan fingerprint density at radius 1 is 1.13 bits per heavy atom. The van der Waals surface area contributed by atoms with E-state index in [0.29, 0.717) is 32.5 Å². The van der Waals surface area contributed by atoms with Gasteiger partial charge in [-0.1, -0.05) is 12.8 Å². The van der Waals surface area contributed by atoms with E-state index in [9.17, 15) is 0 Å². The maximum atomic E-state index is 6.39. The Balaban J connectivity index is 2.13. The summed E-state index contributed by atoms with van der Waals surface area (Å²) in [7, 11) is -2.42. The molecule has 3 atom stereocenters. The molecule has 5 nitrogen and oxygen atoms in total. The molecule has 0 bridgehead atoms. The maximum Gasteiger partial charge on any atom is 0.371 e. The molecule has 2 saturated heterocycles. The van der Waals surface area contributed by atoms with Crippen molar-refractivity contribution in [3.63, 3.8) is 0 Å². The molecular weight excluding hydrogens is 312 g/mol.